The molecule has 0 fully saturated rings. The van der Waals surface area contributed by atoms with E-state index in [4.69, 9.17) is 4.74 Å². The van der Waals surface area contributed by atoms with Crippen LogP contribution in [0, 0.1) is 0 Å². The highest BCUT2D eigenvalue weighted by Crippen LogP contribution is 2.41. The van der Waals surface area contributed by atoms with Crippen LogP contribution in [0.25, 0.3) is 0 Å². The molecule has 0 saturated carbocycles. The lowest BCUT2D eigenvalue weighted by molar-refractivity contribution is -0.117. The van der Waals surface area contributed by atoms with Gasteiger partial charge in [0.15, 0.2) is 0 Å². The van der Waals surface area contributed by atoms with Gasteiger partial charge in [-0.1, -0.05) is 89.6 Å². The van der Waals surface area contributed by atoms with Gasteiger partial charge in [0.1, 0.15) is 12.3 Å². The molecule has 6 heteroatoms. The molecule has 3 aromatic carbocycles. The van der Waals surface area contributed by atoms with Gasteiger partial charge in [0.2, 0.25) is 5.91 Å². The third-order valence-corrected chi connectivity index (χ3v) is 7.41. The molecule has 1 N–H and O–H groups in total. The number of rotatable bonds is 10. The Balaban J connectivity index is 1.76. The topological polar surface area (TPSA) is 61.9 Å². The van der Waals surface area contributed by atoms with Crippen LogP contribution in [-0.4, -0.2) is 37.0 Å². The van der Waals surface area contributed by atoms with Gasteiger partial charge in [0.05, 0.1) is 18.8 Å². The van der Waals surface area contributed by atoms with Gasteiger partial charge in [-0.3, -0.25) is 9.69 Å². The van der Waals surface area contributed by atoms with E-state index in [0.29, 0.717) is 12.3 Å². The minimum atomic E-state index is -0.419. The van der Waals surface area contributed by atoms with E-state index >= 15 is 0 Å². The number of carbonyl (C=O) groups is 2. The molecular formula is C33H41N3O3. The number of benzene rings is 3. The Hall–Kier alpha value is -3.80. The van der Waals surface area contributed by atoms with E-state index < -0.39 is 6.04 Å². The second kappa shape index (κ2) is 12.4. The van der Waals surface area contributed by atoms with E-state index in [9.17, 15) is 9.59 Å². The van der Waals surface area contributed by atoms with Gasteiger partial charge in [0.25, 0.3) is 0 Å². The van der Waals surface area contributed by atoms with Crippen LogP contribution >= 0.6 is 0 Å². The number of urea groups is 1. The Morgan fingerprint density at radius 1 is 0.949 bits per heavy atom. The molecule has 1 aliphatic heterocycles. The highest BCUT2D eigenvalue weighted by Gasteiger charge is 2.39. The smallest absolute Gasteiger partial charge is 0.325 e. The van der Waals surface area contributed by atoms with Crippen molar-refractivity contribution in [2.75, 3.05) is 30.4 Å². The van der Waals surface area contributed by atoms with Crippen molar-refractivity contribution in [1.82, 2.24) is 4.90 Å². The molecule has 3 aromatic rings. The van der Waals surface area contributed by atoms with E-state index in [0.717, 1.165) is 46.5 Å². The lowest BCUT2D eigenvalue weighted by Crippen LogP contribution is -2.52. The van der Waals surface area contributed by atoms with Gasteiger partial charge < -0.3 is 15.0 Å². The number of amides is 3. The summed E-state index contributed by atoms with van der Waals surface area (Å²) < 4.78 is 5.51. The van der Waals surface area contributed by atoms with E-state index in [1.807, 2.05) is 47.4 Å². The first-order valence-electron chi connectivity index (χ1n) is 14.0. The minimum absolute atomic E-state index is 0.0678. The molecule has 0 saturated heterocycles. The zero-order valence-corrected chi connectivity index (χ0v) is 24.0. The van der Waals surface area contributed by atoms with E-state index in [1.165, 1.54) is 0 Å². The van der Waals surface area contributed by atoms with Crippen molar-refractivity contribution >= 4 is 23.3 Å². The van der Waals surface area contributed by atoms with Gasteiger partial charge in [0, 0.05) is 17.8 Å². The zero-order valence-electron chi connectivity index (χ0n) is 24.0. The summed E-state index contributed by atoms with van der Waals surface area (Å²) in [4.78, 5) is 31.4. The molecule has 0 aromatic heterocycles. The van der Waals surface area contributed by atoms with Crippen molar-refractivity contribution < 1.29 is 14.3 Å². The maximum Gasteiger partial charge on any atom is 0.325 e. The second-order valence-electron chi connectivity index (χ2n) is 10.8. The minimum Gasteiger partial charge on any atom is -0.497 e. The van der Waals surface area contributed by atoms with E-state index in [-0.39, 0.29) is 30.3 Å². The standard InChI is InChI=1S/C33H41N3O3/c1-7-8-19-35-29-18-10-9-15-28(29)32(24-13-11-14-25(20-24)39-6)36(33(35)38)21-30(37)34-31-26(22(2)3)16-12-17-27(31)23(4)5/h9-18,20,22-23,32H,7-8,19,21H2,1-6H3,(H,34,37). The van der Waals surface area contributed by atoms with Crippen molar-refractivity contribution in [2.45, 2.75) is 65.3 Å². The first-order chi connectivity index (χ1) is 18.8. The van der Waals surface area contributed by atoms with Crippen LogP contribution in [0.5, 0.6) is 5.75 Å². The monoisotopic (exact) mass is 527 g/mol. The Morgan fingerprint density at radius 3 is 2.26 bits per heavy atom. The summed E-state index contributed by atoms with van der Waals surface area (Å²) in [6, 6.07) is 21.4. The fourth-order valence-electron chi connectivity index (χ4n) is 5.39. The Bertz CT molecular complexity index is 1290. The molecule has 39 heavy (non-hydrogen) atoms. The molecule has 6 nitrogen and oxygen atoms in total. The average Bonchev–Trinajstić information content (AvgIpc) is 2.93. The number of carbonyl (C=O) groups excluding carboxylic acids is 2. The fraction of sp³-hybridized carbons (Fsp3) is 0.394. The molecule has 206 valence electrons. The molecule has 4 rings (SSSR count). The van der Waals surface area contributed by atoms with Crippen molar-refractivity contribution in [1.29, 1.82) is 0 Å². The first-order valence-corrected chi connectivity index (χ1v) is 14.0. The summed E-state index contributed by atoms with van der Waals surface area (Å²) in [5, 5.41) is 3.21. The van der Waals surface area contributed by atoms with Gasteiger partial charge in [-0.2, -0.15) is 0 Å². The molecule has 0 aliphatic carbocycles. The lowest BCUT2D eigenvalue weighted by Gasteiger charge is -2.42. The molecule has 1 aliphatic rings. The van der Waals surface area contributed by atoms with E-state index in [2.05, 4.69) is 64.2 Å². The molecule has 0 radical (unpaired) electrons. The molecule has 1 unspecified atom stereocenters. The quantitative estimate of drug-likeness (QED) is 0.294. The number of para-hydroxylation sites is 2. The number of hydrogen-bond donors (Lipinski definition) is 1. The normalized spacial score (nSPS) is 15.1. The molecule has 1 heterocycles. The molecule has 1 atom stereocenters. The van der Waals surface area contributed by atoms with Gasteiger partial charge in [-0.05, 0) is 53.1 Å². The second-order valence-corrected chi connectivity index (χ2v) is 10.8. The van der Waals surface area contributed by atoms with Crippen molar-refractivity contribution in [3.63, 3.8) is 0 Å². The molecular weight excluding hydrogens is 486 g/mol. The summed E-state index contributed by atoms with van der Waals surface area (Å²) in [6.45, 7) is 11.2. The average molecular weight is 528 g/mol. The first kappa shape index (κ1) is 28.2. The molecule has 3 amide bonds. The zero-order chi connectivity index (χ0) is 28.1. The van der Waals surface area contributed by atoms with E-state index in [1.54, 1.807) is 12.0 Å². The lowest BCUT2D eigenvalue weighted by atomic mass is 9.92. The highest BCUT2D eigenvalue weighted by molar-refractivity contribution is 6.01. The van der Waals surface area contributed by atoms with Crippen LogP contribution in [0.1, 0.15) is 87.6 Å². The molecule has 0 spiro atoms. The summed E-state index contributed by atoms with van der Waals surface area (Å²) >= 11 is 0. The van der Waals surface area contributed by atoms with Crippen LogP contribution in [0.2, 0.25) is 0 Å². The highest BCUT2D eigenvalue weighted by atomic mass is 16.5. The number of hydrogen-bond acceptors (Lipinski definition) is 3. The summed E-state index contributed by atoms with van der Waals surface area (Å²) in [5.74, 6) is 0.997. The van der Waals surface area contributed by atoms with Crippen molar-refractivity contribution in [2.24, 2.45) is 0 Å². The third kappa shape index (κ3) is 5.95. The van der Waals surface area contributed by atoms with Gasteiger partial charge in [-0.25, -0.2) is 4.79 Å². The number of nitrogens with one attached hydrogen (secondary N) is 1. The number of anilines is 2. The summed E-state index contributed by atoms with van der Waals surface area (Å²) in [7, 11) is 1.63. The predicted molar refractivity (Wildman–Crippen MR) is 159 cm³/mol. The predicted octanol–water partition coefficient (Wildman–Crippen LogP) is 7.71. The SMILES string of the molecule is CCCCN1C(=O)N(CC(=O)Nc2c(C(C)C)cccc2C(C)C)C(c2cccc(OC)c2)c2ccccc21. The number of unbranched alkanes of at least 4 members (excludes halogenated alkanes) is 1. The Morgan fingerprint density at radius 2 is 1.62 bits per heavy atom. The van der Waals surface area contributed by atoms with Crippen molar-refractivity contribution in [3.05, 3.63) is 89.0 Å². The maximum absolute atomic E-state index is 14.1. The number of ether oxygens (including phenoxy) is 1. The largest absolute Gasteiger partial charge is 0.497 e. The Kier molecular flexibility index (Phi) is 8.95. The number of fused-ring (bicyclic) bond motifs is 1. The van der Waals surface area contributed by atoms with Crippen LogP contribution in [0.15, 0.2) is 66.7 Å². The summed E-state index contributed by atoms with van der Waals surface area (Å²) in [6.07, 6.45) is 1.85. The summed E-state index contributed by atoms with van der Waals surface area (Å²) in [5.41, 5.74) is 5.85. The van der Waals surface area contributed by atoms with Crippen molar-refractivity contribution in [3.8, 4) is 5.75 Å². The van der Waals surface area contributed by atoms with Gasteiger partial charge in [-0.15, -0.1) is 0 Å². The van der Waals surface area contributed by atoms with Crippen LogP contribution in [-0.2, 0) is 4.79 Å². The third-order valence-electron chi connectivity index (χ3n) is 7.41. The maximum atomic E-state index is 14.1. The van der Waals surface area contributed by atoms with Gasteiger partial charge >= 0.3 is 6.03 Å². The number of methoxy groups -OCH3 is 1. The van der Waals surface area contributed by atoms with Crippen LogP contribution in [0.3, 0.4) is 0 Å². The fourth-order valence-corrected chi connectivity index (χ4v) is 5.39. The molecule has 0 bridgehead atoms. The van der Waals surface area contributed by atoms with Crippen LogP contribution in [0.4, 0.5) is 16.2 Å². The van der Waals surface area contributed by atoms with Crippen LogP contribution < -0.4 is 15.0 Å². The number of nitrogens with zero attached hydrogens (tertiary/aromatic N) is 2. The Labute approximate surface area is 233 Å².